The van der Waals surface area contributed by atoms with Gasteiger partial charge in [-0.25, -0.2) is 14.6 Å². The maximum Gasteiger partial charge on any atom is 0.407 e. The third kappa shape index (κ3) is 7.93. The summed E-state index contributed by atoms with van der Waals surface area (Å²) in [7, 11) is 6.64. The monoisotopic (exact) mass is 521 g/mol. The molecule has 1 saturated carbocycles. The molecule has 2 aliphatic rings. The number of amides is 3. The molecule has 0 aromatic carbocycles. The Kier molecular flexibility index (Phi) is 9.93. The highest BCUT2D eigenvalue weighted by molar-refractivity contribution is 5.83. The van der Waals surface area contributed by atoms with Crippen molar-refractivity contribution < 1.29 is 33.7 Å². The van der Waals surface area contributed by atoms with Crippen LogP contribution in [0.4, 0.5) is 9.59 Å². The van der Waals surface area contributed by atoms with Gasteiger partial charge in [-0.3, -0.25) is 4.79 Å². The molecular formula is C25H39N5O7. The smallest absolute Gasteiger partial charge is 0.407 e. The molecular weight excluding hydrogens is 482 g/mol. The maximum absolute atomic E-state index is 13.8. The predicted octanol–water partition coefficient (Wildman–Crippen LogP) is 1.74. The molecule has 1 saturated heterocycles. The maximum atomic E-state index is 13.8. The minimum absolute atomic E-state index is 0.00610. The van der Waals surface area contributed by atoms with E-state index in [1.807, 2.05) is 43.0 Å². The van der Waals surface area contributed by atoms with Gasteiger partial charge in [0.05, 0.1) is 39.5 Å². The van der Waals surface area contributed by atoms with Gasteiger partial charge < -0.3 is 39.3 Å². The Balaban J connectivity index is 1.78. The topological polar surface area (TPSA) is 134 Å². The number of nitrogens with one attached hydrogen (secondary N) is 1. The highest BCUT2D eigenvalue weighted by atomic mass is 16.5. The number of carboxylic acid groups (broad SMARTS) is 1. The van der Waals surface area contributed by atoms with Gasteiger partial charge in [-0.2, -0.15) is 0 Å². The molecule has 0 bridgehead atoms. The van der Waals surface area contributed by atoms with Crippen LogP contribution in [0.1, 0.15) is 43.5 Å². The molecule has 0 unspecified atom stereocenters. The SMILES string of the molecule is COC(=O)NCCCc1cc([C@@H](C)N(C(=O)[C@H]2CN(C(=O)O)C[C@@H](CN(C)C)O2)C2CC2)cc(OC)n1. The van der Waals surface area contributed by atoms with E-state index in [1.54, 1.807) is 7.11 Å². The fourth-order valence-corrected chi connectivity index (χ4v) is 4.59. The molecule has 12 heteroatoms. The molecule has 37 heavy (non-hydrogen) atoms. The molecule has 3 rings (SSSR count). The number of methoxy groups -OCH3 is 2. The van der Waals surface area contributed by atoms with E-state index in [-0.39, 0.29) is 31.1 Å². The number of hydrogen-bond acceptors (Lipinski definition) is 8. The van der Waals surface area contributed by atoms with Crippen LogP contribution in [-0.2, 0) is 20.7 Å². The summed E-state index contributed by atoms with van der Waals surface area (Å²) >= 11 is 0. The minimum Gasteiger partial charge on any atom is -0.481 e. The van der Waals surface area contributed by atoms with Crippen molar-refractivity contribution in [3.8, 4) is 5.88 Å². The summed E-state index contributed by atoms with van der Waals surface area (Å²) in [6.45, 7) is 3.15. The lowest BCUT2D eigenvalue weighted by molar-refractivity contribution is -0.159. The van der Waals surface area contributed by atoms with Gasteiger partial charge in [-0.1, -0.05) is 0 Å². The Bertz CT molecular complexity index is 955. The molecule has 12 nitrogen and oxygen atoms in total. The Hall–Kier alpha value is -3.12. The molecule has 0 spiro atoms. The zero-order valence-corrected chi connectivity index (χ0v) is 22.3. The molecule has 3 atom stereocenters. The van der Waals surface area contributed by atoms with Crippen LogP contribution < -0.4 is 10.1 Å². The zero-order valence-electron chi connectivity index (χ0n) is 22.3. The molecule has 2 fully saturated rings. The Morgan fingerprint density at radius 3 is 2.57 bits per heavy atom. The number of likely N-dealkylation sites (N-methyl/N-ethyl adjacent to an activating group) is 1. The second-order valence-electron chi connectivity index (χ2n) is 9.81. The van der Waals surface area contributed by atoms with Crippen LogP contribution in [0.5, 0.6) is 5.88 Å². The van der Waals surface area contributed by atoms with Gasteiger partial charge in [0, 0.05) is 30.9 Å². The standard InChI is InChI=1S/C25H39N5O7/c1-16(17-11-18(27-22(12-17)35-4)7-6-10-26-24(32)36-5)30(19-8-9-19)23(31)21-15-29(25(33)34)14-20(37-21)13-28(2)3/h11-12,16,19-21H,6-10,13-15H2,1-5H3,(H,26,32)(H,33,34)/t16-,20-,21-/m1/s1. The van der Waals surface area contributed by atoms with Crippen molar-refractivity contribution in [2.45, 2.75) is 56.9 Å². The van der Waals surface area contributed by atoms with Crippen LogP contribution in [0, 0.1) is 0 Å². The highest BCUT2D eigenvalue weighted by Crippen LogP contribution is 2.36. The number of carbonyl (C=O) groups is 3. The summed E-state index contributed by atoms with van der Waals surface area (Å²) in [5.41, 5.74) is 1.66. The van der Waals surface area contributed by atoms with E-state index in [9.17, 15) is 19.5 Å². The van der Waals surface area contributed by atoms with Crippen LogP contribution in [0.25, 0.3) is 0 Å². The molecule has 1 aromatic heterocycles. The van der Waals surface area contributed by atoms with Crippen LogP contribution in [0.3, 0.4) is 0 Å². The molecule has 206 valence electrons. The molecule has 1 aliphatic heterocycles. The van der Waals surface area contributed by atoms with Crippen molar-refractivity contribution in [1.82, 2.24) is 25.0 Å². The first-order valence-electron chi connectivity index (χ1n) is 12.6. The number of morpholine rings is 1. The van der Waals surface area contributed by atoms with Gasteiger partial charge in [-0.05, 0) is 58.3 Å². The summed E-state index contributed by atoms with van der Waals surface area (Å²) in [6, 6.07) is 3.56. The van der Waals surface area contributed by atoms with Gasteiger partial charge in [-0.15, -0.1) is 0 Å². The largest absolute Gasteiger partial charge is 0.481 e. The lowest BCUT2D eigenvalue weighted by Gasteiger charge is -2.40. The van der Waals surface area contributed by atoms with Gasteiger partial charge in [0.25, 0.3) is 5.91 Å². The summed E-state index contributed by atoms with van der Waals surface area (Å²) in [6.07, 6.45) is 0.238. The number of aryl methyl sites for hydroxylation is 1. The minimum atomic E-state index is -1.05. The van der Waals surface area contributed by atoms with Crippen molar-refractivity contribution in [1.29, 1.82) is 0 Å². The molecule has 0 radical (unpaired) electrons. The lowest BCUT2D eigenvalue weighted by Crippen LogP contribution is -2.57. The van der Waals surface area contributed by atoms with Crippen LogP contribution in [0.15, 0.2) is 12.1 Å². The molecule has 2 heterocycles. The van der Waals surface area contributed by atoms with Gasteiger partial charge in [0.2, 0.25) is 5.88 Å². The summed E-state index contributed by atoms with van der Waals surface area (Å²) in [5, 5.41) is 12.3. The number of rotatable bonds is 11. The van der Waals surface area contributed by atoms with Crippen molar-refractivity contribution in [3.05, 3.63) is 23.4 Å². The lowest BCUT2D eigenvalue weighted by atomic mass is 10.0. The van der Waals surface area contributed by atoms with Crippen molar-refractivity contribution in [3.63, 3.8) is 0 Å². The number of carbonyl (C=O) groups excluding carboxylic acids is 2. The third-order valence-corrected chi connectivity index (χ3v) is 6.53. The van der Waals surface area contributed by atoms with Crippen LogP contribution in [0.2, 0.25) is 0 Å². The first-order chi connectivity index (χ1) is 17.6. The van der Waals surface area contributed by atoms with E-state index in [2.05, 4.69) is 15.0 Å². The first-order valence-corrected chi connectivity index (χ1v) is 12.6. The number of ether oxygens (including phenoxy) is 3. The number of alkyl carbamates (subject to hydrolysis) is 1. The first kappa shape index (κ1) is 28.5. The normalized spacial score (nSPS) is 20.3. The summed E-state index contributed by atoms with van der Waals surface area (Å²) in [5.74, 6) is 0.241. The quantitative estimate of drug-likeness (QED) is 0.418. The van der Waals surface area contributed by atoms with E-state index in [0.29, 0.717) is 31.8 Å². The van der Waals surface area contributed by atoms with Gasteiger partial charge in [0.15, 0.2) is 6.10 Å². The van der Waals surface area contributed by atoms with Gasteiger partial charge in [0.1, 0.15) is 0 Å². The van der Waals surface area contributed by atoms with E-state index >= 15 is 0 Å². The van der Waals surface area contributed by atoms with E-state index < -0.39 is 24.4 Å². The van der Waals surface area contributed by atoms with Crippen molar-refractivity contribution in [2.75, 3.05) is 54.5 Å². The predicted molar refractivity (Wildman–Crippen MR) is 135 cm³/mol. The number of pyridine rings is 1. The van der Waals surface area contributed by atoms with Crippen LogP contribution >= 0.6 is 0 Å². The fourth-order valence-electron chi connectivity index (χ4n) is 4.59. The van der Waals surface area contributed by atoms with E-state index in [1.165, 1.54) is 12.0 Å². The van der Waals surface area contributed by atoms with Crippen molar-refractivity contribution in [2.24, 2.45) is 0 Å². The Morgan fingerprint density at radius 1 is 1.24 bits per heavy atom. The fraction of sp³-hybridized carbons (Fsp3) is 0.680. The Labute approximate surface area is 217 Å². The van der Waals surface area contributed by atoms with Crippen molar-refractivity contribution >= 4 is 18.1 Å². The van der Waals surface area contributed by atoms with E-state index in [0.717, 1.165) is 24.1 Å². The molecule has 1 aromatic rings. The average Bonchev–Trinajstić information content (AvgIpc) is 3.70. The summed E-state index contributed by atoms with van der Waals surface area (Å²) < 4.78 is 16.1. The highest BCUT2D eigenvalue weighted by Gasteiger charge is 2.43. The molecule has 1 aliphatic carbocycles. The molecule has 3 amide bonds. The number of hydrogen-bond donors (Lipinski definition) is 2. The second-order valence-corrected chi connectivity index (χ2v) is 9.81. The third-order valence-electron chi connectivity index (χ3n) is 6.53. The Morgan fingerprint density at radius 2 is 1.97 bits per heavy atom. The summed E-state index contributed by atoms with van der Waals surface area (Å²) in [4.78, 5) is 46.4. The van der Waals surface area contributed by atoms with Gasteiger partial charge >= 0.3 is 12.2 Å². The molecule has 2 N–H and O–H groups in total. The zero-order chi connectivity index (χ0) is 27.1. The second kappa shape index (κ2) is 12.9. The average molecular weight is 522 g/mol. The number of nitrogens with zero attached hydrogens (tertiary/aromatic N) is 4. The van der Waals surface area contributed by atoms with Crippen LogP contribution in [-0.4, -0.2) is 116 Å². The van der Waals surface area contributed by atoms with E-state index in [4.69, 9.17) is 9.47 Å². The number of aromatic nitrogens is 1.